The summed E-state index contributed by atoms with van der Waals surface area (Å²) in [5.74, 6) is -0.920. The van der Waals surface area contributed by atoms with E-state index in [1.807, 2.05) is 13.8 Å². The van der Waals surface area contributed by atoms with Crippen LogP contribution in [0.2, 0.25) is 0 Å². The lowest BCUT2D eigenvalue weighted by molar-refractivity contribution is 0.602. The summed E-state index contributed by atoms with van der Waals surface area (Å²) in [6.45, 7) is 4.32. The van der Waals surface area contributed by atoms with Gasteiger partial charge < -0.3 is 5.32 Å². The molecule has 0 spiro atoms. The Morgan fingerprint density at radius 3 is 2.71 bits per heavy atom. The molecule has 0 bridgehead atoms. The van der Waals surface area contributed by atoms with E-state index in [4.69, 9.17) is 0 Å². The van der Waals surface area contributed by atoms with E-state index in [9.17, 15) is 8.78 Å². The molecule has 0 saturated heterocycles. The van der Waals surface area contributed by atoms with Crippen LogP contribution in [-0.4, -0.2) is 4.98 Å². The molecular weight excluding hydrogens is 242 g/mol. The maximum absolute atomic E-state index is 13.3. The molecule has 2 nitrogen and oxygen atoms in total. The summed E-state index contributed by atoms with van der Waals surface area (Å²) in [6, 6.07) is 3.34. The average Bonchev–Trinajstić information content (AvgIpc) is 2.60. The first-order valence-electron chi connectivity index (χ1n) is 5.18. The minimum Gasteiger partial charge on any atom is -0.376 e. The predicted molar refractivity (Wildman–Crippen MR) is 65.3 cm³/mol. The smallest absolute Gasteiger partial charge is 0.146 e. The van der Waals surface area contributed by atoms with Gasteiger partial charge in [0.25, 0.3) is 0 Å². The molecule has 1 heterocycles. The summed E-state index contributed by atoms with van der Waals surface area (Å²) >= 11 is 1.55. The molecule has 17 heavy (non-hydrogen) atoms. The van der Waals surface area contributed by atoms with Crippen molar-refractivity contribution in [2.75, 3.05) is 5.32 Å². The SMILES string of the molecule is Cc1nc(CNc2cc(F)ccc2F)sc1C. The number of aromatic nitrogens is 1. The van der Waals surface area contributed by atoms with Gasteiger partial charge in [0.15, 0.2) is 0 Å². The van der Waals surface area contributed by atoms with Crippen molar-refractivity contribution in [3.63, 3.8) is 0 Å². The fraction of sp³-hybridized carbons (Fsp3) is 0.250. The van der Waals surface area contributed by atoms with Gasteiger partial charge in [-0.1, -0.05) is 0 Å². The van der Waals surface area contributed by atoms with E-state index >= 15 is 0 Å². The Bertz CT molecular complexity index is 518. The van der Waals surface area contributed by atoms with Crippen molar-refractivity contribution < 1.29 is 8.78 Å². The molecule has 2 aromatic rings. The van der Waals surface area contributed by atoms with Gasteiger partial charge in [-0.2, -0.15) is 0 Å². The van der Waals surface area contributed by atoms with Gasteiger partial charge in [-0.15, -0.1) is 11.3 Å². The molecule has 1 aromatic carbocycles. The first kappa shape index (κ1) is 12.0. The molecule has 0 saturated carbocycles. The second kappa shape index (κ2) is 4.79. The molecular formula is C12H12F2N2S. The van der Waals surface area contributed by atoms with E-state index in [2.05, 4.69) is 10.3 Å². The first-order chi connectivity index (χ1) is 8.06. The highest BCUT2D eigenvalue weighted by Crippen LogP contribution is 2.20. The molecule has 0 radical (unpaired) electrons. The summed E-state index contributed by atoms with van der Waals surface area (Å²) in [5.41, 5.74) is 1.14. The quantitative estimate of drug-likeness (QED) is 0.904. The van der Waals surface area contributed by atoms with Gasteiger partial charge in [0.05, 0.1) is 17.9 Å². The lowest BCUT2D eigenvalue weighted by atomic mass is 10.3. The zero-order valence-corrected chi connectivity index (χ0v) is 10.4. The second-order valence-electron chi connectivity index (χ2n) is 3.73. The summed E-state index contributed by atoms with van der Waals surface area (Å²) < 4.78 is 26.2. The summed E-state index contributed by atoms with van der Waals surface area (Å²) in [5, 5.41) is 3.71. The number of hydrogen-bond acceptors (Lipinski definition) is 3. The van der Waals surface area contributed by atoms with Gasteiger partial charge in [0.2, 0.25) is 0 Å². The zero-order valence-electron chi connectivity index (χ0n) is 9.55. The minimum absolute atomic E-state index is 0.163. The number of nitrogens with zero attached hydrogens (tertiary/aromatic N) is 1. The zero-order chi connectivity index (χ0) is 12.4. The highest BCUT2D eigenvalue weighted by Gasteiger charge is 2.06. The Morgan fingerprint density at radius 2 is 2.06 bits per heavy atom. The Kier molecular flexibility index (Phi) is 3.38. The number of rotatable bonds is 3. The Labute approximate surface area is 102 Å². The summed E-state index contributed by atoms with van der Waals surface area (Å²) in [7, 11) is 0. The second-order valence-corrected chi connectivity index (χ2v) is 5.01. The lowest BCUT2D eigenvalue weighted by Gasteiger charge is -2.05. The molecule has 90 valence electrons. The largest absolute Gasteiger partial charge is 0.376 e. The molecule has 1 N–H and O–H groups in total. The van der Waals surface area contributed by atoms with Crippen molar-refractivity contribution in [3.8, 4) is 0 Å². The van der Waals surface area contributed by atoms with Crippen molar-refractivity contribution in [3.05, 3.63) is 45.4 Å². The van der Waals surface area contributed by atoms with Gasteiger partial charge >= 0.3 is 0 Å². The number of thiazole rings is 1. The monoisotopic (exact) mass is 254 g/mol. The Hall–Kier alpha value is -1.49. The van der Waals surface area contributed by atoms with E-state index in [-0.39, 0.29) is 5.69 Å². The van der Waals surface area contributed by atoms with Crippen molar-refractivity contribution in [2.45, 2.75) is 20.4 Å². The molecule has 1 aromatic heterocycles. The molecule has 0 atom stereocenters. The van der Waals surface area contributed by atoms with Crippen LogP contribution in [0, 0.1) is 25.5 Å². The third kappa shape index (κ3) is 2.79. The van der Waals surface area contributed by atoms with Gasteiger partial charge in [-0.25, -0.2) is 13.8 Å². The molecule has 0 fully saturated rings. The van der Waals surface area contributed by atoms with Crippen LogP contribution in [0.5, 0.6) is 0 Å². The number of halogens is 2. The number of anilines is 1. The maximum Gasteiger partial charge on any atom is 0.146 e. The maximum atomic E-state index is 13.3. The van der Waals surface area contributed by atoms with Crippen molar-refractivity contribution in [2.24, 2.45) is 0 Å². The molecule has 2 rings (SSSR count). The van der Waals surface area contributed by atoms with Crippen molar-refractivity contribution in [1.82, 2.24) is 4.98 Å². The van der Waals surface area contributed by atoms with E-state index in [0.29, 0.717) is 6.54 Å². The fourth-order valence-electron chi connectivity index (χ4n) is 1.42. The summed E-state index contributed by atoms with van der Waals surface area (Å²) in [6.07, 6.45) is 0. The number of aryl methyl sites for hydroxylation is 2. The van der Waals surface area contributed by atoms with Gasteiger partial charge in [-0.3, -0.25) is 0 Å². The summed E-state index contributed by atoms with van der Waals surface area (Å²) in [4.78, 5) is 5.46. The van der Waals surface area contributed by atoms with Crippen LogP contribution in [0.15, 0.2) is 18.2 Å². The molecule has 0 aliphatic heterocycles. The fourth-order valence-corrected chi connectivity index (χ4v) is 2.29. The Morgan fingerprint density at radius 1 is 1.29 bits per heavy atom. The normalized spacial score (nSPS) is 10.6. The van der Waals surface area contributed by atoms with E-state index < -0.39 is 11.6 Å². The van der Waals surface area contributed by atoms with E-state index in [1.165, 1.54) is 0 Å². The topological polar surface area (TPSA) is 24.9 Å². The van der Waals surface area contributed by atoms with Crippen LogP contribution >= 0.6 is 11.3 Å². The van der Waals surface area contributed by atoms with Crippen LogP contribution in [0.3, 0.4) is 0 Å². The van der Waals surface area contributed by atoms with Crippen molar-refractivity contribution >= 4 is 17.0 Å². The third-order valence-electron chi connectivity index (χ3n) is 2.43. The van der Waals surface area contributed by atoms with Crippen LogP contribution in [0.1, 0.15) is 15.6 Å². The van der Waals surface area contributed by atoms with Crippen LogP contribution in [-0.2, 0) is 6.54 Å². The molecule has 5 heteroatoms. The highest BCUT2D eigenvalue weighted by atomic mass is 32.1. The van der Waals surface area contributed by atoms with Gasteiger partial charge in [-0.05, 0) is 32.0 Å². The van der Waals surface area contributed by atoms with Gasteiger partial charge in [0, 0.05) is 4.88 Å². The average molecular weight is 254 g/mol. The minimum atomic E-state index is -0.462. The first-order valence-corrected chi connectivity index (χ1v) is 6.00. The number of hydrogen-bond donors (Lipinski definition) is 1. The van der Waals surface area contributed by atoms with Crippen molar-refractivity contribution in [1.29, 1.82) is 0 Å². The van der Waals surface area contributed by atoms with Crippen LogP contribution in [0.4, 0.5) is 14.5 Å². The third-order valence-corrected chi connectivity index (χ3v) is 3.50. The lowest BCUT2D eigenvalue weighted by Crippen LogP contribution is -2.01. The highest BCUT2D eigenvalue weighted by molar-refractivity contribution is 7.11. The molecule has 0 amide bonds. The standard InChI is InChI=1S/C12H12F2N2S/c1-7-8(2)17-12(16-7)6-15-11-5-9(13)3-4-10(11)14/h3-5,15H,6H2,1-2H3. The van der Waals surface area contributed by atoms with E-state index in [1.54, 1.807) is 11.3 Å². The number of nitrogens with one attached hydrogen (secondary N) is 1. The number of benzene rings is 1. The predicted octanol–water partition coefficient (Wildman–Crippen LogP) is 3.65. The van der Waals surface area contributed by atoms with Gasteiger partial charge in [0.1, 0.15) is 16.6 Å². The molecule has 0 aliphatic rings. The van der Waals surface area contributed by atoms with Crippen LogP contribution in [0.25, 0.3) is 0 Å². The van der Waals surface area contributed by atoms with Crippen LogP contribution < -0.4 is 5.32 Å². The Balaban J connectivity index is 2.09. The molecule has 0 aliphatic carbocycles. The molecule has 0 unspecified atom stereocenters. The van der Waals surface area contributed by atoms with E-state index in [0.717, 1.165) is 33.8 Å².